The topological polar surface area (TPSA) is 87.0 Å². The van der Waals surface area contributed by atoms with Crippen LogP contribution in [0, 0.1) is 11.3 Å². The van der Waals surface area contributed by atoms with Crippen LogP contribution in [0.5, 0.6) is 5.75 Å². The van der Waals surface area contributed by atoms with Crippen LogP contribution >= 0.6 is 0 Å². The van der Waals surface area contributed by atoms with E-state index >= 15 is 0 Å². The van der Waals surface area contributed by atoms with Gasteiger partial charge < -0.3 is 15.4 Å². The maximum Gasteiger partial charge on any atom is 0.319 e. The highest BCUT2D eigenvalue weighted by Crippen LogP contribution is 2.18. The highest BCUT2D eigenvalue weighted by molar-refractivity contribution is 5.89. The van der Waals surface area contributed by atoms with Gasteiger partial charge in [-0.15, -0.1) is 0 Å². The number of nitriles is 1. The van der Waals surface area contributed by atoms with E-state index < -0.39 is 0 Å². The minimum atomic E-state index is -0.346. The van der Waals surface area contributed by atoms with E-state index in [9.17, 15) is 4.79 Å². The van der Waals surface area contributed by atoms with Crippen molar-refractivity contribution in [2.75, 3.05) is 18.5 Å². The van der Waals surface area contributed by atoms with Crippen molar-refractivity contribution in [3.63, 3.8) is 0 Å². The molecule has 2 aromatic carbocycles. The summed E-state index contributed by atoms with van der Waals surface area (Å²) in [6.07, 6.45) is 1.75. The smallest absolute Gasteiger partial charge is 0.319 e. The number of ether oxygens (including phenoxy) is 1. The molecule has 0 atom stereocenters. The van der Waals surface area contributed by atoms with Crippen molar-refractivity contribution >= 4 is 22.6 Å². The van der Waals surface area contributed by atoms with E-state index in [-0.39, 0.29) is 6.03 Å². The molecular weight excluding hydrogens is 316 g/mol. The second kappa shape index (κ2) is 7.79. The van der Waals surface area contributed by atoms with E-state index in [1.54, 1.807) is 30.5 Å². The average Bonchev–Trinajstić information content (AvgIpc) is 2.65. The predicted molar refractivity (Wildman–Crippen MR) is 95.4 cm³/mol. The average molecular weight is 332 g/mol. The molecule has 25 heavy (non-hydrogen) atoms. The van der Waals surface area contributed by atoms with Crippen LogP contribution in [0.3, 0.4) is 0 Å². The van der Waals surface area contributed by atoms with Gasteiger partial charge in [-0.25, -0.2) is 4.79 Å². The largest absolute Gasteiger partial charge is 0.492 e. The maximum atomic E-state index is 11.8. The zero-order chi connectivity index (χ0) is 17.5. The summed E-state index contributed by atoms with van der Waals surface area (Å²) in [7, 11) is 0. The van der Waals surface area contributed by atoms with Gasteiger partial charge in [0.25, 0.3) is 0 Å². The molecule has 0 radical (unpaired) electrons. The molecule has 3 aromatic rings. The first-order chi connectivity index (χ1) is 12.2. The van der Waals surface area contributed by atoms with Crippen molar-refractivity contribution in [2.24, 2.45) is 0 Å². The molecule has 2 amide bonds. The third kappa shape index (κ3) is 4.45. The lowest BCUT2D eigenvalue weighted by Crippen LogP contribution is -2.32. The summed E-state index contributed by atoms with van der Waals surface area (Å²) in [4.78, 5) is 16.1. The van der Waals surface area contributed by atoms with Gasteiger partial charge in [-0.05, 0) is 42.5 Å². The molecule has 0 saturated carbocycles. The van der Waals surface area contributed by atoms with E-state index in [1.807, 2.05) is 36.4 Å². The third-order valence-corrected chi connectivity index (χ3v) is 3.48. The van der Waals surface area contributed by atoms with Gasteiger partial charge in [0.2, 0.25) is 0 Å². The highest BCUT2D eigenvalue weighted by atomic mass is 16.5. The number of carbonyl (C=O) groups excluding carboxylic acids is 1. The van der Waals surface area contributed by atoms with Gasteiger partial charge in [0.05, 0.1) is 23.7 Å². The van der Waals surface area contributed by atoms with Gasteiger partial charge in [0, 0.05) is 17.3 Å². The number of nitrogens with zero attached hydrogens (tertiary/aromatic N) is 2. The molecule has 6 heteroatoms. The first-order valence-corrected chi connectivity index (χ1v) is 7.77. The predicted octanol–water partition coefficient (Wildman–Crippen LogP) is 3.31. The van der Waals surface area contributed by atoms with E-state index in [0.29, 0.717) is 24.4 Å². The molecule has 1 heterocycles. The Kier molecular flexibility index (Phi) is 5.07. The van der Waals surface area contributed by atoms with Gasteiger partial charge in [0.15, 0.2) is 0 Å². The summed E-state index contributed by atoms with van der Waals surface area (Å²) >= 11 is 0. The Labute approximate surface area is 145 Å². The number of amides is 2. The molecule has 1 aromatic heterocycles. The third-order valence-electron chi connectivity index (χ3n) is 3.48. The SMILES string of the molecule is N#Cc1cccc(NC(=O)NCCOc2ccc3ncccc3c2)c1. The second-order valence-corrected chi connectivity index (χ2v) is 5.28. The second-order valence-electron chi connectivity index (χ2n) is 5.28. The fourth-order valence-electron chi connectivity index (χ4n) is 2.32. The number of hydrogen-bond donors (Lipinski definition) is 2. The molecule has 124 valence electrons. The molecule has 0 fully saturated rings. The Morgan fingerprint density at radius 1 is 1.16 bits per heavy atom. The number of rotatable bonds is 5. The lowest BCUT2D eigenvalue weighted by atomic mass is 10.2. The van der Waals surface area contributed by atoms with Gasteiger partial charge in [0.1, 0.15) is 12.4 Å². The Hall–Kier alpha value is -3.59. The van der Waals surface area contributed by atoms with E-state index in [0.717, 1.165) is 16.7 Å². The number of urea groups is 1. The summed E-state index contributed by atoms with van der Waals surface area (Å²) < 4.78 is 5.64. The van der Waals surface area contributed by atoms with Crippen LogP contribution in [-0.4, -0.2) is 24.2 Å². The van der Waals surface area contributed by atoms with Crippen molar-refractivity contribution in [2.45, 2.75) is 0 Å². The van der Waals surface area contributed by atoms with Crippen LogP contribution in [0.2, 0.25) is 0 Å². The van der Waals surface area contributed by atoms with E-state index in [2.05, 4.69) is 15.6 Å². The van der Waals surface area contributed by atoms with Crippen LogP contribution in [0.15, 0.2) is 60.8 Å². The zero-order valence-corrected chi connectivity index (χ0v) is 13.4. The number of aromatic nitrogens is 1. The zero-order valence-electron chi connectivity index (χ0n) is 13.4. The fraction of sp³-hybridized carbons (Fsp3) is 0.105. The molecule has 2 N–H and O–H groups in total. The lowest BCUT2D eigenvalue weighted by molar-refractivity contribution is 0.247. The Bertz CT molecular complexity index is 934. The molecule has 0 spiro atoms. The van der Waals surface area contributed by atoms with Crippen LogP contribution in [0.25, 0.3) is 10.9 Å². The Balaban J connectivity index is 1.45. The minimum Gasteiger partial charge on any atom is -0.492 e. The molecule has 0 aliphatic rings. The molecule has 0 aliphatic heterocycles. The summed E-state index contributed by atoms with van der Waals surface area (Å²) in [6.45, 7) is 0.701. The van der Waals surface area contributed by atoms with Crippen molar-refractivity contribution < 1.29 is 9.53 Å². The summed E-state index contributed by atoms with van der Waals surface area (Å²) in [6, 6.07) is 17.9. The monoisotopic (exact) mass is 332 g/mol. The minimum absolute atomic E-state index is 0.345. The Morgan fingerprint density at radius 2 is 2.08 bits per heavy atom. The van der Waals surface area contributed by atoms with Crippen molar-refractivity contribution in [1.29, 1.82) is 5.26 Å². The maximum absolute atomic E-state index is 11.8. The number of anilines is 1. The van der Waals surface area contributed by atoms with Crippen LogP contribution in [-0.2, 0) is 0 Å². The standard InChI is InChI=1S/C19H16N4O2/c20-13-14-3-1-5-16(11-14)23-19(24)22-9-10-25-17-6-7-18-15(12-17)4-2-8-21-18/h1-8,11-12H,9-10H2,(H2,22,23,24). The summed E-state index contributed by atoms with van der Waals surface area (Å²) in [5.41, 5.74) is 1.97. The van der Waals surface area contributed by atoms with Gasteiger partial charge >= 0.3 is 6.03 Å². The molecule has 0 saturated heterocycles. The number of carbonyl (C=O) groups is 1. The normalized spacial score (nSPS) is 10.0. The fourth-order valence-corrected chi connectivity index (χ4v) is 2.32. The number of fused-ring (bicyclic) bond motifs is 1. The molecule has 6 nitrogen and oxygen atoms in total. The number of nitrogens with one attached hydrogen (secondary N) is 2. The van der Waals surface area contributed by atoms with Crippen LogP contribution < -0.4 is 15.4 Å². The molecule has 3 rings (SSSR count). The number of benzene rings is 2. The quantitative estimate of drug-likeness (QED) is 0.702. The first kappa shape index (κ1) is 16.3. The van der Waals surface area contributed by atoms with Crippen molar-refractivity contribution in [3.05, 3.63) is 66.4 Å². The molecule has 0 aliphatic carbocycles. The van der Waals surface area contributed by atoms with E-state index in [1.165, 1.54) is 0 Å². The summed E-state index contributed by atoms with van der Waals surface area (Å²) in [5.74, 6) is 0.726. The number of pyridine rings is 1. The first-order valence-electron chi connectivity index (χ1n) is 7.77. The van der Waals surface area contributed by atoms with Crippen LogP contribution in [0.1, 0.15) is 5.56 Å². The lowest BCUT2D eigenvalue weighted by Gasteiger charge is -2.09. The van der Waals surface area contributed by atoms with E-state index in [4.69, 9.17) is 10.00 Å². The van der Waals surface area contributed by atoms with Gasteiger partial charge in [-0.3, -0.25) is 4.98 Å². The van der Waals surface area contributed by atoms with Gasteiger partial charge in [-0.2, -0.15) is 5.26 Å². The molecule has 0 bridgehead atoms. The van der Waals surface area contributed by atoms with Crippen molar-refractivity contribution in [1.82, 2.24) is 10.3 Å². The highest BCUT2D eigenvalue weighted by Gasteiger charge is 2.03. The van der Waals surface area contributed by atoms with Gasteiger partial charge in [-0.1, -0.05) is 12.1 Å². The summed E-state index contributed by atoms with van der Waals surface area (Å²) in [5, 5.41) is 15.2. The Morgan fingerprint density at radius 3 is 2.96 bits per heavy atom. The molecule has 0 unspecified atom stereocenters. The van der Waals surface area contributed by atoms with Crippen LogP contribution in [0.4, 0.5) is 10.5 Å². The number of hydrogen-bond acceptors (Lipinski definition) is 4. The van der Waals surface area contributed by atoms with Crippen molar-refractivity contribution in [3.8, 4) is 11.8 Å². The molecular formula is C19H16N4O2.